The maximum absolute atomic E-state index is 13.2. The normalized spacial score (nSPS) is 23.1. The molecule has 1 fully saturated rings. The number of hydrogen-bond acceptors (Lipinski definition) is 4. The number of aliphatic carboxylic acids is 1. The van der Waals surface area contributed by atoms with Crippen LogP contribution in [0.3, 0.4) is 0 Å². The van der Waals surface area contributed by atoms with Crippen LogP contribution in [0.1, 0.15) is 46.7 Å². The number of carbonyl (C=O) groups is 3. The van der Waals surface area contributed by atoms with Crippen LogP contribution in [0.25, 0.3) is 0 Å². The van der Waals surface area contributed by atoms with Crippen LogP contribution in [0.5, 0.6) is 0 Å². The van der Waals surface area contributed by atoms with E-state index in [2.05, 4.69) is 5.32 Å². The summed E-state index contributed by atoms with van der Waals surface area (Å²) in [4.78, 5) is 39.6. The van der Waals surface area contributed by atoms with E-state index in [0.29, 0.717) is 11.1 Å². The molecule has 0 radical (unpaired) electrons. The fraction of sp³-hybridized carbons (Fsp3) is 0.286. The van der Waals surface area contributed by atoms with Crippen molar-refractivity contribution in [2.24, 2.45) is 0 Å². The summed E-state index contributed by atoms with van der Waals surface area (Å²) in [6.07, 6.45) is 0. The van der Waals surface area contributed by atoms with Gasteiger partial charge in [0.2, 0.25) is 5.91 Å². The van der Waals surface area contributed by atoms with Gasteiger partial charge in [0, 0.05) is 10.3 Å². The van der Waals surface area contributed by atoms with E-state index in [-0.39, 0.29) is 11.3 Å². The number of carboxylic acids is 1. The summed E-state index contributed by atoms with van der Waals surface area (Å²) in [5.41, 5.74) is 1.99. The fourth-order valence-corrected chi connectivity index (χ4v) is 5.55. The second kappa shape index (κ2) is 6.67. The molecule has 6 nitrogen and oxygen atoms in total. The number of carbonyl (C=O) groups excluding carboxylic acids is 2. The van der Waals surface area contributed by atoms with Gasteiger partial charge in [0.25, 0.3) is 5.91 Å². The van der Waals surface area contributed by atoms with Crippen molar-refractivity contribution in [3.05, 3.63) is 71.3 Å². The Hall–Kier alpha value is -2.80. The number of nitrogens with zero attached hydrogens (tertiary/aromatic N) is 1. The van der Waals surface area contributed by atoms with Gasteiger partial charge in [0.1, 0.15) is 11.4 Å². The number of carboxylic acid groups (broad SMARTS) is 1. The van der Waals surface area contributed by atoms with Gasteiger partial charge in [-0.1, -0.05) is 48.5 Å². The van der Waals surface area contributed by atoms with Crippen LogP contribution < -0.4 is 5.32 Å². The third-order valence-corrected chi connectivity index (χ3v) is 6.75. The van der Waals surface area contributed by atoms with E-state index in [0.717, 1.165) is 5.56 Å². The average Bonchev–Trinajstić information content (AvgIpc) is 3.10. The third-order valence-electron chi connectivity index (χ3n) is 5.21. The number of benzene rings is 2. The molecule has 2 amide bonds. The maximum Gasteiger partial charge on any atom is 0.330 e. The molecule has 2 heterocycles. The standard InChI is InChI=1S/C21H20N2O4S/c1-21(2)16(17(24)22-15(20(26)27)12-8-4-3-5-9-12)23-18(25)13-10-6-7-11-14(13)19(23)28-21/h3-11,15-16,19H,1-2H3,(H,22,24)(H,26,27)/t15-,16+,19-/m0/s1. The first-order valence-corrected chi connectivity index (χ1v) is 9.87. The van der Waals surface area contributed by atoms with E-state index in [1.54, 1.807) is 59.1 Å². The molecule has 2 aromatic rings. The van der Waals surface area contributed by atoms with Crippen LogP contribution in [-0.2, 0) is 9.59 Å². The van der Waals surface area contributed by atoms with Crippen LogP contribution in [0.2, 0.25) is 0 Å². The molecule has 2 aliphatic heterocycles. The zero-order valence-corrected chi connectivity index (χ0v) is 16.3. The van der Waals surface area contributed by atoms with Gasteiger partial charge in [-0.15, -0.1) is 11.8 Å². The quantitative estimate of drug-likeness (QED) is 0.830. The van der Waals surface area contributed by atoms with Crippen molar-refractivity contribution in [2.45, 2.75) is 36.1 Å². The number of thioether (sulfide) groups is 1. The number of nitrogens with one attached hydrogen (secondary N) is 1. The summed E-state index contributed by atoms with van der Waals surface area (Å²) in [7, 11) is 0. The van der Waals surface area contributed by atoms with E-state index >= 15 is 0 Å². The number of rotatable bonds is 4. The minimum atomic E-state index is -1.17. The summed E-state index contributed by atoms with van der Waals surface area (Å²) in [5, 5.41) is 12.0. The molecular weight excluding hydrogens is 376 g/mol. The minimum absolute atomic E-state index is 0.189. The molecule has 1 saturated heterocycles. The van der Waals surface area contributed by atoms with Crippen molar-refractivity contribution >= 4 is 29.5 Å². The fourth-order valence-electron chi connectivity index (χ4n) is 3.96. The lowest BCUT2D eigenvalue weighted by molar-refractivity contribution is -0.142. The van der Waals surface area contributed by atoms with Gasteiger partial charge in [-0.25, -0.2) is 4.79 Å². The van der Waals surface area contributed by atoms with Crippen molar-refractivity contribution in [3.63, 3.8) is 0 Å². The van der Waals surface area contributed by atoms with Crippen LogP contribution >= 0.6 is 11.8 Å². The Morgan fingerprint density at radius 3 is 2.43 bits per heavy atom. The molecule has 2 aromatic carbocycles. The van der Waals surface area contributed by atoms with Crippen LogP contribution in [0.4, 0.5) is 0 Å². The Morgan fingerprint density at radius 1 is 1.11 bits per heavy atom. The summed E-state index contributed by atoms with van der Waals surface area (Å²) in [6.45, 7) is 3.82. The Balaban J connectivity index is 1.65. The van der Waals surface area contributed by atoms with E-state index < -0.39 is 28.7 Å². The largest absolute Gasteiger partial charge is 0.479 e. The van der Waals surface area contributed by atoms with Crippen molar-refractivity contribution in [2.75, 3.05) is 0 Å². The van der Waals surface area contributed by atoms with Gasteiger partial charge < -0.3 is 15.3 Å². The van der Waals surface area contributed by atoms with Gasteiger partial charge in [0.05, 0.1) is 0 Å². The molecule has 28 heavy (non-hydrogen) atoms. The second-order valence-electron chi connectivity index (χ2n) is 7.47. The molecule has 3 atom stereocenters. The minimum Gasteiger partial charge on any atom is -0.479 e. The average molecular weight is 396 g/mol. The molecule has 4 rings (SSSR count). The summed E-state index contributed by atoms with van der Waals surface area (Å²) in [6, 6.07) is 14.0. The predicted octanol–water partition coefficient (Wildman–Crippen LogP) is 2.98. The molecule has 7 heteroatoms. The van der Waals surface area contributed by atoms with Crippen molar-refractivity contribution in [1.29, 1.82) is 0 Å². The molecule has 0 bridgehead atoms. The molecule has 0 saturated carbocycles. The lowest BCUT2D eigenvalue weighted by atomic mass is 9.99. The Kier molecular flexibility index (Phi) is 4.42. The molecule has 0 unspecified atom stereocenters. The van der Waals surface area contributed by atoms with Crippen LogP contribution in [0, 0.1) is 0 Å². The smallest absolute Gasteiger partial charge is 0.330 e. The zero-order valence-electron chi connectivity index (χ0n) is 15.5. The first kappa shape index (κ1) is 18.6. The Bertz CT molecular complexity index is 960. The van der Waals surface area contributed by atoms with E-state index in [4.69, 9.17) is 0 Å². The van der Waals surface area contributed by atoms with Gasteiger partial charge in [-0.2, -0.15) is 0 Å². The predicted molar refractivity (Wildman–Crippen MR) is 106 cm³/mol. The summed E-state index contributed by atoms with van der Waals surface area (Å²) in [5.74, 6) is -1.79. The van der Waals surface area contributed by atoms with Gasteiger partial charge in [-0.3, -0.25) is 9.59 Å². The highest BCUT2D eigenvalue weighted by Gasteiger charge is 2.57. The van der Waals surface area contributed by atoms with Gasteiger partial charge in [-0.05, 0) is 31.0 Å². The summed E-state index contributed by atoms with van der Waals surface area (Å²) < 4.78 is -0.558. The second-order valence-corrected chi connectivity index (χ2v) is 9.20. The zero-order chi connectivity index (χ0) is 20.1. The maximum atomic E-state index is 13.2. The summed E-state index contributed by atoms with van der Waals surface area (Å²) >= 11 is 1.55. The third kappa shape index (κ3) is 2.86. The van der Waals surface area contributed by atoms with E-state index in [9.17, 15) is 19.5 Å². The van der Waals surface area contributed by atoms with Gasteiger partial charge in [0.15, 0.2) is 6.04 Å². The lowest BCUT2D eigenvalue weighted by Crippen LogP contribution is -2.53. The van der Waals surface area contributed by atoms with Crippen molar-refractivity contribution < 1.29 is 19.5 Å². The molecule has 2 N–H and O–H groups in total. The number of amides is 2. The first-order chi connectivity index (χ1) is 13.3. The topological polar surface area (TPSA) is 86.7 Å². The van der Waals surface area contributed by atoms with Crippen LogP contribution in [-0.4, -0.2) is 38.6 Å². The molecular formula is C21H20N2O4S. The van der Waals surface area contributed by atoms with E-state index in [1.165, 1.54) is 0 Å². The lowest BCUT2D eigenvalue weighted by Gasteiger charge is -2.30. The number of hydrogen-bond donors (Lipinski definition) is 2. The Labute approximate surface area is 166 Å². The first-order valence-electron chi connectivity index (χ1n) is 8.99. The molecule has 0 aromatic heterocycles. The highest BCUT2D eigenvalue weighted by Crippen LogP contribution is 2.56. The molecule has 2 aliphatic rings. The highest BCUT2D eigenvalue weighted by molar-refractivity contribution is 8.01. The molecule has 0 spiro atoms. The van der Waals surface area contributed by atoms with Crippen LogP contribution in [0.15, 0.2) is 54.6 Å². The Morgan fingerprint density at radius 2 is 1.75 bits per heavy atom. The van der Waals surface area contributed by atoms with Crippen molar-refractivity contribution in [3.8, 4) is 0 Å². The molecule has 144 valence electrons. The van der Waals surface area contributed by atoms with Gasteiger partial charge >= 0.3 is 5.97 Å². The van der Waals surface area contributed by atoms with E-state index in [1.807, 2.05) is 26.0 Å². The molecule has 0 aliphatic carbocycles. The highest BCUT2D eigenvalue weighted by atomic mass is 32.2. The number of fused-ring (bicyclic) bond motifs is 3. The SMILES string of the molecule is CC1(C)S[C@H]2c3ccccc3C(=O)N2[C@@H]1C(=O)N[C@H](C(=O)O)c1ccccc1. The van der Waals surface area contributed by atoms with Crippen molar-refractivity contribution in [1.82, 2.24) is 10.2 Å². The monoisotopic (exact) mass is 396 g/mol.